The molecule has 0 spiro atoms. The highest BCUT2D eigenvalue weighted by atomic mass is 16.6. The quantitative estimate of drug-likeness (QED) is 0.631. The van der Waals surface area contributed by atoms with Gasteiger partial charge in [-0.05, 0) is 29.8 Å². The molecule has 1 aliphatic rings. The minimum Gasteiger partial charge on any atom is -0.370 e. The van der Waals surface area contributed by atoms with Crippen LogP contribution in [0, 0.1) is 32.8 Å². The predicted octanol–water partition coefficient (Wildman–Crippen LogP) is 2.92. The molecule has 0 saturated carbocycles. The SMILES string of the molecule is N#Cc1cccc(C2CN(c3ccc([N+](=O)[O-])c(C#N)c3)CCO2)c1. The second-order valence-corrected chi connectivity index (χ2v) is 5.61. The normalized spacial score (nSPS) is 16.7. The Morgan fingerprint density at radius 1 is 1.20 bits per heavy atom. The van der Waals surface area contributed by atoms with Gasteiger partial charge < -0.3 is 9.64 Å². The Labute approximate surface area is 144 Å². The number of rotatable bonds is 3. The monoisotopic (exact) mass is 334 g/mol. The van der Waals surface area contributed by atoms with Crippen LogP contribution in [0.1, 0.15) is 22.8 Å². The van der Waals surface area contributed by atoms with Crippen LogP contribution in [0.2, 0.25) is 0 Å². The molecule has 7 heteroatoms. The third-order valence-electron chi connectivity index (χ3n) is 4.12. The summed E-state index contributed by atoms with van der Waals surface area (Å²) in [5, 5.41) is 29.1. The summed E-state index contributed by atoms with van der Waals surface area (Å²) in [6, 6.07) is 15.8. The van der Waals surface area contributed by atoms with E-state index in [-0.39, 0.29) is 17.4 Å². The number of nitro groups is 1. The first kappa shape index (κ1) is 16.4. The van der Waals surface area contributed by atoms with Crippen molar-refractivity contribution in [2.75, 3.05) is 24.6 Å². The van der Waals surface area contributed by atoms with Crippen LogP contribution in [0.5, 0.6) is 0 Å². The van der Waals surface area contributed by atoms with Gasteiger partial charge in [0.1, 0.15) is 17.7 Å². The number of nitrogens with zero attached hydrogens (tertiary/aromatic N) is 4. The van der Waals surface area contributed by atoms with Crippen molar-refractivity contribution in [1.29, 1.82) is 10.5 Å². The van der Waals surface area contributed by atoms with E-state index in [2.05, 4.69) is 6.07 Å². The highest BCUT2D eigenvalue weighted by Gasteiger charge is 2.24. The summed E-state index contributed by atoms with van der Waals surface area (Å²) in [5.41, 5.74) is 2.06. The fourth-order valence-electron chi connectivity index (χ4n) is 2.86. The molecule has 1 unspecified atom stereocenters. The van der Waals surface area contributed by atoms with Gasteiger partial charge in [-0.3, -0.25) is 10.1 Å². The van der Waals surface area contributed by atoms with Crippen LogP contribution >= 0.6 is 0 Å². The Kier molecular flexibility index (Phi) is 4.60. The first-order valence-electron chi connectivity index (χ1n) is 7.67. The minimum atomic E-state index is -0.558. The van der Waals surface area contributed by atoms with Crippen LogP contribution in [-0.4, -0.2) is 24.6 Å². The minimum absolute atomic E-state index is 0.0389. The molecule has 0 bridgehead atoms. The lowest BCUT2D eigenvalue weighted by Gasteiger charge is -2.34. The lowest BCUT2D eigenvalue weighted by atomic mass is 10.0. The van der Waals surface area contributed by atoms with E-state index in [1.807, 2.05) is 23.1 Å². The molecule has 0 aliphatic carbocycles. The molecule has 25 heavy (non-hydrogen) atoms. The van der Waals surface area contributed by atoms with Crippen LogP contribution in [0.25, 0.3) is 0 Å². The average molecular weight is 334 g/mol. The second-order valence-electron chi connectivity index (χ2n) is 5.61. The van der Waals surface area contributed by atoms with E-state index in [1.54, 1.807) is 18.2 Å². The van der Waals surface area contributed by atoms with Crippen molar-refractivity contribution in [2.45, 2.75) is 6.10 Å². The molecule has 7 nitrogen and oxygen atoms in total. The lowest BCUT2D eigenvalue weighted by molar-refractivity contribution is -0.385. The third-order valence-corrected chi connectivity index (χ3v) is 4.12. The summed E-state index contributed by atoms with van der Waals surface area (Å²) in [7, 11) is 0. The molecule has 1 fully saturated rings. The second kappa shape index (κ2) is 7.00. The molecule has 124 valence electrons. The van der Waals surface area contributed by atoms with E-state index in [1.165, 1.54) is 12.1 Å². The Hall–Kier alpha value is -3.42. The van der Waals surface area contributed by atoms with Gasteiger partial charge in [-0.15, -0.1) is 0 Å². The van der Waals surface area contributed by atoms with Crippen LogP contribution in [0.4, 0.5) is 11.4 Å². The molecule has 3 rings (SSSR count). The first-order chi connectivity index (χ1) is 12.1. The van der Waals surface area contributed by atoms with Crippen molar-refractivity contribution in [3.05, 3.63) is 69.3 Å². The summed E-state index contributed by atoms with van der Waals surface area (Å²) in [6.45, 7) is 1.65. The molecule has 2 aromatic rings. The van der Waals surface area contributed by atoms with E-state index >= 15 is 0 Å². The summed E-state index contributed by atoms with van der Waals surface area (Å²) >= 11 is 0. The number of morpholine rings is 1. The van der Waals surface area contributed by atoms with Crippen molar-refractivity contribution in [1.82, 2.24) is 0 Å². The number of hydrogen-bond acceptors (Lipinski definition) is 6. The number of nitriles is 2. The van der Waals surface area contributed by atoms with Crippen molar-refractivity contribution in [3.8, 4) is 12.1 Å². The third kappa shape index (κ3) is 3.42. The Balaban J connectivity index is 1.85. The van der Waals surface area contributed by atoms with E-state index in [0.717, 1.165) is 11.3 Å². The number of nitro benzene ring substituents is 1. The maximum Gasteiger partial charge on any atom is 0.287 e. The summed E-state index contributed by atoms with van der Waals surface area (Å²) in [5.74, 6) is 0. The van der Waals surface area contributed by atoms with Gasteiger partial charge in [0, 0.05) is 24.8 Å². The van der Waals surface area contributed by atoms with Crippen LogP contribution in [0.3, 0.4) is 0 Å². The number of benzene rings is 2. The number of hydrogen-bond donors (Lipinski definition) is 0. The van der Waals surface area contributed by atoms with Crippen molar-refractivity contribution >= 4 is 11.4 Å². The Morgan fingerprint density at radius 2 is 2.04 bits per heavy atom. The highest BCUT2D eigenvalue weighted by molar-refractivity contribution is 5.60. The van der Waals surface area contributed by atoms with Gasteiger partial charge in [0.05, 0.1) is 23.2 Å². The van der Waals surface area contributed by atoms with Crippen LogP contribution in [-0.2, 0) is 4.74 Å². The fourth-order valence-corrected chi connectivity index (χ4v) is 2.86. The topological polar surface area (TPSA) is 103 Å². The van der Waals surface area contributed by atoms with E-state index < -0.39 is 4.92 Å². The van der Waals surface area contributed by atoms with Crippen LogP contribution in [0.15, 0.2) is 42.5 Å². The Morgan fingerprint density at radius 3 is 2.76 bits per heavy atom. The molecule has 1 heterocycles. The predicted molar refractivity (Wildman–Crippen MR) is 89.9 cm³/mol. The standard InChI is InChI=1S/C18H14N4O3/c19-10-13-2-1-3-14(8-13)18-12-21(6-7-25-18)16-4-5-17(22(23)24)15(9-16)11-20/h1-5,8-9,18H,6-7,12H2. The zero-order valence-electron chi connectivity index (χ0n) is 13.3. The molecule has 2 aromatic carbocycles. The van der Waals surface area contributed by atoms with Crippen LogP contribution < -0.4 is 4.90 Å². The molecule has 1 saturated heterocycles. The molecule has 0 radical (unpaired) electrons. The van der Waals surface area contributed by atoms with E-state index in [4.69, 9.17) is 15.3 Å². The highest BCUT2D eigenvalue weighted by Crippen LogP contribution is 2.29. The zero-order chi connectivity index (χ0) is 17.8. The molecule has 1 aliphatic heterocycles. The van der Waals surface area contributed by atoms with Gasteiger partial charge in [0.2, 0.25) is 0 Å². The fraction of sp³-hybridized carbons (Fsp3) is 0.222. The molecular formula is C18H14N4O3. The van der Waals surface area contributed by atoms with Gasteiger partial charge in [-0.2, -0.15) is 10.5 Å². The first-order valence-corrected chi connectivity index (χ1v) is 7.67. The van der Waals surface area contributed by atoms with E-state index in [0.29, 0.717) is 25.3 Å². The van der Waals surface area contributed by atoms with Crippen molar-refractivity contribution < 1.29 is 9.66 Å². The summed E-state index contributed by atoms with van der Waals surface area (Å²) in [6.07, 6.45) is -0.206. The van der Waals surface area contributed by atoms with Gasteiger partial charge in [-0.25, -0.2) is 0 Å². The lowest BCUT2D eigenvalue weighted by Crippen LogP contribution is -2.38. The van der Waals surface area contributed by atoms with E-state index in [9.17, 15) is 10.1 Å². The maximum atomic E-state index is 11.0. The maximum absolute atomic E-state index is 11.0. The zero-order valence-corrected chi connectivity index (χ0v) is 13.3. The average Bonchev–Trinajstić information content (AvgIpc) is 2.67. The van der Waals surface area contributed by atoms with Crippen molar-refractivity contribution in [3.63, 3.8) is 0 Å². The summed E-state index contributed by atoms with van der Waals surface area (Å²) < 4.78 is 5.81. The van der Waals surface area contributed by atoms with Crippen molar-refractivity contribution in [2.24, 2.45) is 0 Å². The summed E-state index contributed by atoms with van der Waals surface area (Å²) in [4.78, 5) is 12.4. The Bertz CT molecular complexity index is 898. The largest absolute Gasteiger partial charge is 0.370 e. The molecule has 0 amide bonds. The number of ether oxygens (including phenoxy) is 1. The molecule has 0 N–H and O–H groups in total. The number of anilines is 1. The van der Waals surface area contributed by atoms with Gasteiger partial charge in [0.25, 0.3) is 5.69 Å². The molecule has 0 aromatic heterocycles. The van der Waals surface area contributed by atoms with Gasteiger partial charge in [-0.1, -0.05) is 12.1 Å². The smallest absolute Gasteiger partial charge is 0.287 e. The molecular weight excluding hydrogens is 320 g/mol. The molecule has 1 atom stereocenters. The van der Waals surface area contributed by atoms with Gasteiger partial charge >= 0.3 is 0 Å². The van der Waals surface area contributed by atoms with Gasteiger partial charge in [0.15, 0.2) is 0 Å².